The molecule has 0 unspecified atom stereocenters. The van der Waals surface area contributed by atoms with E-state index in [9.17, 15) is 8.42 Å². The molecule has 2 rings (SSSR count). The summed E-state index contributed by atoms with van der Waals surface area (Å²) in [6.45, 7) is 1.74. The van der Waals surface area contributed by atoms with E-state index in [2.05, 4.69) is 14.9 Å². The van der Waals surface area contributed by atoms with Crippen LogP contribution in [-0.4, -0.2) is 25.7 Å². The smallest absolute Gasteiger partial charge is 0.266 e. The Morgan fingerprint density at radius 2 is 2.16 bits per heavy atom. The molecular formula is C11H14N4O3S. The third-order valence-corrected chi connectivity index (χ3v) is 3.93. The first-order valence-electron chi connectivity index (χ1n) is 5.40. The first-order valence-corrected chi connectivity index (χ1v) is 6.88. The lowest BCUT2D eigenvalue weighted by molar-refractivity contribution is 0.403. The number of nitrogen functional groups attached to an aromatic ring is 1. The molecular weight excluding hydrogens is 268 g/mol. The van der Waals surface area contributed by atoms with Gasteiger partial charge in [-0.25, -0.2) is 8.42 Å². The summed E-state index contributed by atoms with van der Waals surface area (Å²) < 4.78 is 32.0. The number of ether oxygens (including phenoxy) is 1. The third-order valence-electron chi connectivity index (χ3n) is 2.54. The Kier molecular flexibility index (Phi) is 3.34. The Morgan fingerprint density at radius 1 is 1.42 bits per heavy atom. The van der Waals surface area contributed by atoms with Crippen molar-refractivity contribution in [3.63, 3.8) is 0 Å². The molecule has 8 heteroatoms. The number of nitrogens with two attached hydrogens (primary N) is 1. The zero-order valence-electron chi connectivity index (χ0n) is 10.5. The molecule has 0 amide bonds. The summed E-state index contributed by atoms with van der Waals surface area (Å²) in [6.07, 6.45) is 1.53. The first kappa shape index (κ1) is 13.2. The SMILES string of the molecule is COc1cc(N)ccc1S(=O)(=O)Nc1[nH]ncc1C. The predicted octanol–water partition coefficient (Wildman–Crippen LogP) is 1.11. The minimum Gasteiger partial charge on any atom is -0.495 e. The number of rotatable bonds is 4. The summed E-state index contributed by atoms with van der Waals surface area (Å²) in [6, 6.07) is 4.34. The minimum absolute atomic E-state index is 0.0122. The number of nitrogens with zero attached hydrogens (tertiary/aromatic N) is 1. The Balaban J connectivity index is 2.43. The number of hydrogen-bond acceptors (Lipinski definition) is 5. The third kappa shape index (κ3) is 2.63. The van der Waals surface area contributed by atoms with Crippen LogP contribution in [-0.2, 0) is 10.0 Å². The van der Waals surface area contributed by atoms with Gasteiger partial charge in [0.2, 0.25) is 0 Å². The number of H-pyrrole nitrogens is 1. The molecule has 1 heterocycles. The van der Waals surface area contributed by atoms with E-state index >= 15 is 0 Å². The van der Waals surface area contributed by atoms with Crippen LogP contribution in [0.25, 0.3) is 0 Å². The molecule has 2 aromatic rings. The highest BCUT2D eigenvalue weighted by molar-refractivity contribution is 7.92. The van der Waals surface area contributed by atoms with Gasteiger partial charge in [-0.3, -0.25) is 9.82 Å². The number of benzene rings is 1. The average molecular weight is 282 g/mol. The van der Waals surface area contributed by atoms with E-state index in [4.69, 9.17) is 10.5 Å². The van der Waals surface area contributed by atoms with Gasteiger partial charge in [-0.05, 0) is 19.1 Å². The van der Waals surface area contributed by atoms with Crippen LogP contribution in [0, 0.1) is 6.92 Å². The number of nitrogens with one attached hydrogen (secondary N) is 2. The van der Waals surface area contributed by atoms with Crippen LogP contribution in [0.1, 0.15) is 5.56 Å². The van der Waals surface area contributed by atoms with E-state index in [-0.39, 0.29) is 10.6 Å². The molecule has 0 saturated heterocycles. The van der Waals surface area contributed by atoms with Crippen LogP contribution in [0.15, 0.2) is 29.3 Å². The number of methoxy groups -OCH3 is 1. The van der Waals surface area contributed by atoms with Gasteiger partial charge in [0.1, 0.15) is 16.5 Å². The van der Waals surface area contributed by atoms with Gasteiger partial charge in [0.25, 0.3) is 10.0 Å². The molecule has 0 atom stereocenters. The molecule has 0 bridgehead atoms. The van der Waals surface area contributed by atoms with Crippen molar-refractivity contribution in [2.45, 2.75) is 11.8 Å². The molecule has 0 spiro atoms. The Bertz CT molecular complexity index is 694. The lowest BCUT2D eigenvalue weighted by Gasteiger charge is -2.11. The van der Waals surface area contributed by atoms with Gasteiger partial charge in [-0.1, -0.05) is 0 Å². The van der Waals surface area contributed by atoms with Crippen molar-refractivity contribution < 1.29 is 13.2 Å². The Labute approximate surface area is 110 Å². The standard InChI is InChI=1S/C11H14N4O3S/c1-7-6-13-14-11(7)15-19(16,17)10-4-3-8(12)5-9(10)18-2/h3-6H,12H2,1-2H3,(H2,13,14,15). The van der Waals surface area contributed by atoms with Crippen LogP contribution >= 0.6 is 0 Å². The molecule has 0 radical (unpaired) electrons. The summed E-state index contributed by atoms with van der Waals surface area (Å²) in [7, 11) is -2.38. The average Bonchev–Trinajstić information content (AvgIpc) is 2.74. The number of aromatic amines is 1. The molecule has 0 aliphatic heterocycles. The highest BCUT2D eigenvalue weighted by atomic mass is 32.2. The fourth-order valence-electron chi connectivity index (χ4n) is 1.55. The van der Waals surface area contributed by atoms with Gasteiger partial charge in [0, 0.05) is 17.3 Å². The van der Waals surface area contributed by atoms with Gasteiger partial charge in [0.05, 0.1) is 13.3 Å². The molecule has 1 aromatic carbocycles. The van der Waals surface area contributed by atoms with Crippen LogP contribution in [0.4, 0.5) is 11.5 Å². The van der Waals surface area contributed by atoms with E-state index in [0.717, 1.165) is 0 Å². The maximum absolute atomic E-state index is 12.3. The molecule has 19 heavy (non-hydrogen) atoms. The second kappa shape index (κ2) is 4.81. The molecule has 0 saturated carbocycles. The first-order chi connectivity index (χ1) is 8.94. The summed E-state index contributed by atoms with van der Waals surface area (Å²) in [5.74, 6) is 0.503. The summed E-state index contributed by atoms with van der Waals surface area (Å²) in [4.78, 5) is 0.0122. The van der Waals surface area contributed by atoms with Crippen LogP contribution in [0.3, 0.4) is 0 Å². The van der Waals surface area contributed by atoms with Crippen LogP contribution in [0.2, 0.25) is 0 Å². The zero-order valence-corrected chi connectivity index (χ0v) is 11.3. The summed E-state index contributed by atoms with van der Waals surface area (Å²) >= 11 is 0. The molecule has 0 fully saturated rings. The van der Waals surface area contributed by atoms with Crippen molar-refractivity contribution >= 4 is 21.5 Å². The number of anilines is 2. The van der Waals surface area contributed by atoms with E-state index in [0.29, 0.717) is 17.1 Å². The molecule has 7 nitrogen and oxygen atoms in total. The minimum atomic E-state index is -3.77. The van der Waals surface area contributed by atoms with Crippen molar-refractivity contribution in [3.05, 3.63) is 30.0 Å². The Hall–Kier alpha value is -2.22. The van der Waals surface area contributed by atoms with Gasteiger partial charge in [0.15, 0.2) is 0 Å². The lowest BCUT2D eigenvalue weighted by atomic mass is 10.3. The van der Waals surface area contributed by atoms with Crippen LogP contribution < -0.4 is 15.2 Å². The number of sulfonamides is 1. The quantitative estimate of drug-likeness (QED) is 0.728. The normalized spacial score (nSPS) is 11.3. The maximum Gasteiger partial charge on any atom is 0.266 e. The molecule has 0 aliphatic rings. The number of aryl methyl sites for hydroxylation is 1. The lowest BCUT2D eigenvalue weighted by Crippen LogP contribution is -2.15. The van der Waals surface area contributed by atoms with E-state index in [1.54, 1.807) is 6.92 Å². The van der Waals surface area contributed by atoms with Crippen molar-refractivity contribution in [2.75, 3.05) is 17.6 Å². The van der Waals surface area contributed by atoms with Gasteiger partial charge < -0.3 is 10.5 Å². The van der Waals surface area contributed by atoms with Crippen molar-refractivity contribution in [3.8, 4) is 5.75 Å². The summed E-state index contributed by atoms with van der Waals surface area (Å²) in [5.41, 5.74) is 6.71. The zero-order chi connectivity index (χ0) is 14.0. The van der Waals surface area contributed by atoms with Gasteiger partial charge in [-0.2, -0.15) is 5.10 Å². The van der Waals surface area contributed by atoms with E-state index in [1.165, 1.54) is 31.5 Å². The molecule has 102 valence electrons. The van der Waals surface area contributed by atoms with Crippen LogP contribution in [0.5, 0.6) is 5.75 Å². The topological polar surface area (TPSA) is 110 Å². The van der Waals surface area contributed by atoms with Crippen molar-refractivity contribution in [1.29, 1.82) is 0 Å². The second-order valence-electron chi connectivity index (χ2n) is 3.94. The number of aromatic nitrogens is 2. The van der Waals surface area contributed by atoms with Crippen molar-refractivity contribution in [1.82, 2.24) is 10.2 Å². The Morgan fingerprint density at radius 3 is 2.74 bits per heavy atom. The predicted molar refractivity (Wildman–Crippen MR) is 71.5 cm³/mol. The summed E-state index contributed by atoms with van der Waals surface area (Å²) in [5, 5.41) is 6.33. The fraction of sp³-hybridized carbons (Fsp3) is 0.182. The number of hydrogen-bond donors (Lipinski definition) is 3. The van der Waals surface area contributed by atoms with Gasteiger partial charge >= 0.3 is 0 Å². The van der Waals surface area contributed by atoms with E-state index < -0.39 is 10.0 Å². The van der Waals surface area contributed by atoms with E-state index in [1.807, 2.05) is 0 Å². The van der Waals surface area contributed by atoms with Crippen molar-refractivity contribution in [2.24, 2.45) is 0 Å². The maximum atomic E-state index is 12.3. The highest BCUT2D eigenvalue weighted by Crippen LogP contribution is 2.27. The molecule has 4 N–H and O–H groups in total. The van der Waals surface area contributed by atoms with Gasteiger partial charge in [-0.15, -0.1) is 0 Å². The molecule has 0 aliphatic carbocycles. The largest absolute Gasteiger partial charge is 0.495 e. The second-order valence-corrected chi connectivity index (χ2v) is 5.59. The highest BCUT2D eigenvalue weighted by Gasteiger charge is 2.21. The molecule has 1 aromatic heterocycles. The monoisotopic (exact) mass is 282 g/mol. The fourth-order valence-corrected chi connectivity index (χ4v) is 2.78.